The third-order valence-electron chi connectivity index (χ3n) is 2.87. The second-order valence-corrected chi connectivity index (χ2v) is 4.38. The monoisotopic (exact) mass is 224 g/mol. The van der Waals surface area contributed by atoms with E-state index in [0.717, 1.165) is 32.7 Å². The van der Waals surface area contributed by atoms with Crippen molar-refractivity contribution in [2.75, 3.05) is 19.8 Å². The first-order valence-corrected chi connectivity index (χ1v) is 5.90. The van der Waals surface area contributed by atoms with Gasteiger partial charge in [-0.3, -0.25) is 0 Å². The number of furan rings is 1. The third-order valence-corrected chi connectivity index (χ3v) is 2.87. The highest BCUT2D eigenvalue weighted by atomic mass is 16.5. The molecule has 0 spiro atoms. The third kappa shape index (κ3) is 3.63. The van der Waals surface area contributed by atoms with Crippen LogP contribution in [0.15, 0.2) is 23.0 Å². The standard InChI is InChI=1S/C12H20N2O2/c1-10(6-12-9-16-5-3-13-12)14-7-11-2-4-15-8-11/h2,4,8,10,12-14H,3,5-7,9H2,1H3. The van der Waals surface area contributed by atoms with Gasteiger partial charge in [0.05, 0.1) is 25.7 Å². The van der Waals surface area contributed by atoms with Crippen LogP contribution in [-0.4, -0.2) is 31.8 Å². The van der Waals surface area contributed by atoms with Crippen molar-refractivity contribution in [1.29, 1.82) is 0 Å². The minimum absolute atomic E-state index is 0.481. The van der Waals surface area contributed by atoms with Crippen molar-refractivity contribution < 1.29 is 9.15 Å². The van der Waals surface area contributed by atoms with Gasteiger partial charge < -0.3 is 19.8 Å². The van der Waals surface area contributed by atoms with Gasteiger partial charge in [0.2, 0.25) is 0 Å². The molecule has 4 heteroatoms. The molecule has 0 aromatic carbocycles. The maximum Gasteiger partial charge on any atom is 0.0947 e. The molecular weight excluding hydrogens is 204 g/mol. The lowest BCUT2D eigenvalue weighted by Gasteiger charge is -2.26. The molecule has 1 aromatic heterocycles. The maximum absolute atomic E-state index is 5.43. The van der Waals surface area contributed by atoms with Gasteiger partial charge in [0, 0.05) is 30.7 Å². The van der Waals surface area contributed by atoms with E-state index in [1.807, 2.05) is 6.07 Å². The normalized spacial score (nSPS) is 23.2. The van der Waals surface area contributed by atoms with Crippen LogP contribution >= 0.6 is 0 Å². The minimum Gasteiger partial charge on any atom is -0.472 e. The Morgan fingerprint density at radius 2 is 2.56 bits per heavy atom. The molecule has 1 fully saturated rings. The predicted molar refractivity (Wildman–Crippen MR) is 62.2 cm³/mol. The van der Waals surface area contributed by atoms with Crippen LogP contribution in [0.2, 0.25) is 0 Å². The zero-order valence-corrected chi connectivity index (χ0v) is 9.74. The molecule has 2 unspecified atom stereocenters. The van der Waals surface area contributed by atoms with Crippen molar-refractivity contribution in [2.45, 2.75) is 32.0 Å². The molecule has 4 nitrogen and oxygen atoms in total. The van der Waals surface area contributed by atoms with Gasteiger partial charge in [0.15, 0.2) is 0 Å². The fourth-order valence-corrected chi connectivity index (χ4v) is 1.97. The lowest BCUT2D eigenvalue weighted by Crippen LogP contribution is -2.44. The van der Waals surface area contributed by atoms with Crippen molar-refractivity contribution >= 4 is 0 Å². The Labute approximate surface area is 96.4 Å². The minimum atomic E-state index is 0.481. The van der Waals surface area contributed by atoms with Crippen molar-refractivity contribution in [3.8, 4) is 0 Å². The highest BCUT2D eigenvalue weighted by Gasteiger charge is 2.15. The number of hydrogen-bond acceptors (Lipinski definition) is 4. The average Bonchev–Trinajstić information content (AvgIpc) is 2.81. The largest absolute Gasteiger partial charge is 0.472 e. The average molecular weight is 224 g/mol. The maximum atomic E-state index is 5.43. The number of rotatable bonds is 5. The summed E-state index contributed by atoms with van der Waals surface area (Å²) in [5.41, 5.74) is 1.19. The highest BCUT2D eigenvalue weighted by Crippen LogP contribution is 2.04. The van der Waals surface area contributed by atoms with Gasteiger partial charge in [-0.05, 0) is 19.4 Å². The van der Waals surface area contributed by atoms with Gasteiger partial charge >= 0.3 is 0 Å². The molecule has 16 heavy (non-hydrogen) atoms. The van der Waals surface area contributed by atoms with E-state index in [1.54, 1.807) is 12.5 Å². The van der Waals surface area contributed by atoms with Gasteiger partial charge in [-0.15, -0.1) is 0 Å². The molecule has 2 N–H and O–H groups in total. The Balaban J connectivity index is 1.65. The summed E-state index contributed by atoms with van der Waals surface area (Å²) in [5, 5.41) is 6.94. The predicted octanol–water partition coefficient (Wildman–Crippen LogP) is 1.14. The zero-order chi connectivity index (χ0) is 11.2. The Kier molecular flexibility index (Phi) is 4.39. The molecule has 1 aromatic rings. The van der Waals surface area contributed by atoms with Crippen LogP contribution < -0.4 is 10.6 Å². The molecule has 90 valence electrons. The highest BCUT2D eigenvalue weighted by molar-refractivity contribution is 5.04. The van der Waals surface area contributed by atoms with Crippen molar-refractivity contribution in [2.24, 2.45) is 0 Å². The van der Waals surface area contributed by atoms with E-state index >= 15 is 0 Å². The first-order chi connectivity index (χ1) is 7.84. The van der Waals surface area contributed by atoms with E-state index in [-0.39, 0.29) is 0 Å². The second-order valence-electron chi connectivity index (χ2n) is 4.38. The number of morpholine rings is 1. The Morgan fingerprint density at radius 1 is 1.62 bits per heavy atom. The van der Waals surface area contributed by atoms with E-state index in [0.29, 0.717) is 12.1 Å². The molecule has 1 saturated heterocycles. The van der Waals surface area contributed by atoms with Crippen molar-refractivity contribution in [3.05, 3.63) is 24.2 Å². The van der Waals surface area contributed by atoms with E-state index in [1.165, 1.54) is 5.56 Å². The summed E-state index contributed by atoms with van der Waals surface area (Å²) >= 11 is 0. The molecule has 2 atom stereocenters. The summed E-state index contributed by atoms with van der Waals surface area (Å²) < 4.78 is 10.5. The summed E-state index contributed by atoms with van der Waals surface area (Å²) in [6.45, 7) is 5.71. The topological polar surface area (TPSA) is 46.4 Å². The summed E-state index contributed by atoms with van der Waals surface area (Å²) in [5.74, 6) is 0. The number of hydrogen-bond donors (Lipinski definition) is 2. The Bertz CT molecular complexity index is 281. The van der Waals surface area contributed by atoms with Crippen LogP contribution in [-0.2, 0) is 11.3 Å². The smallest absolute Gasteiger partial charge is 0.0947 e. The molecule has 0 bridgehead atoms. The van der Waals surface area contributed by atoms with Crippen LogP contribution in [0.5, 0.6) is 0 Å². The van der Waals surface area contributed by atoms with Crippen molar-refractivity contribution in [1.82, 2.24) is 10.6 Å². The molecule has 0 radical (unpaired) electrons. The van der Waals surface area contributed by atoms with Crippen LogP contribution in [0.25, 0.3) is 0 Å². The lowest BCUT2D eigenvalue weighted by atomic mass is 10.1. The molecule has 1 aliphatic rings. The van der Waals surface area contributed by atoms with Gasteiger partial charge in [-0.1, -0.05) is 0 Å². The molecule has 1 aliphatic heterocycles. The molecule has 0 saturated carbocycles. The zero-order valence-electron chi connectivity index (χ0n) is 9.74. The Hall–Kier alpha value is -0.840. The molecular formula is C12H20N2O2. The molecule has 2 rings (SSSR count). The molecule has 2 heterocycles. The van der Waals surface area contributed by atoms with Crippen LogP contribution in [0.3, 0.4) is 0 Å². The summed E-state index contributed by atoms with van der Waals surface area (Å²) in [4.78, 5) is 0. The molecule has 0 amide bonds. The van der Waals surface area contributed by atoms with E-state index in [9.17, 15) is 0 Å². The lowest BCUT2D eigenvalue weighted by molar-refractivity contribution is 0.0712. The summed E-state index contributed by atoms with van der Waals surface area (Å²) in [7, 11) is 0. The van der Waals surface area contributed by atoms with Crippen molar-refractivity contribution in [3.63, 3.8) is 0 Å². The first-order valence-electron chi connectivity index (χ1n) is 5.90. The van der Waals surface area contributed by atoms with Gasteiger partial charge in [0.25, 0.3) is 0 Å². The van der Waals surface area contributed by atoms with E-state index in [2.05, 4.69) is 17.6 Å². The van der Waals surface area contributed by atoms with Crippen LogP contribution in [0.4, 0.5) is 0 Å². The number of nitrogens with one attached hydrogen (secondary N) is 2. The van der Waals surface area contributed by atoms with E-state index < -0.39 is 0 Å². The van der Waals surface area contributed by atoms with Crippen LogP contribution in [0, 0.1) is 0 Å². The second kappa shape index (κ2) is 6.03. The van der Waals surface area contributed by atoms with Gasteiger partial charge in [-0.25, -0.2) is 0 Å². The van der Waals surface area contributed by atoms with E-state index in [4.69, 9.17) is 9.15 Å². The fraction of sp³-hybridized carbons (Fsp3) is 0.667. The quantitative estimate of drug-likeness (QED) is 0.787. The summed E-state index contributed by atoms with van der Waals surface area (Å²) in [6.07, 6.45) is 4.58. The fourth-order valence-electron chi connectivity index (χ4n) is 1.97. The first kappa shape index (κ1) is 11.6. The number of ether oxygens (including phenoxy) is 1. The SMILES string of the molecule is CC(CC1COCCN1)NCc1ccoc1. The van der Waals surface area contributed by atoms with Crippen LogP contribution in [0.1, 0.15) is 18.9 Å². The molecule has 0 aliphatic carbocycles. The Morgan fingerprint density at radius 3 is 3.25 bits per heavy atom. The summed E-state index contributed by atoms with van der Waals surface area (Å²) in [6, 6.07) is 2.96. The van der Waals surface area contributed by atoms with Gasteiger partial charge in [-0.2, -0.15) is 0 Å². The van der Waals surface area contributed by atoms with Gasteiger partial charge in [0.1, 0.15) is 0 Å².